The van der Waals surface area contributed by atoms with Crippen molar-refractivity contribution in [2.24, 2.45) is 0 Å². The highest BCUT2D eigenvalue weighted by atomic mass is 35.5. The molecule has 0 unspecified atom stereocenters. The lowest BCUT2D eigenvalue weighted by Gasteiger charge is -2.08. The van der Waals surface area contributed by atoms with Crippen molar-refractivity contribution in [3.8, 4) is 33.2 Å². The zero-order chi connectivity index (χ0) is 20.8. The standard InChI is InChI=1S/C24H14ClN5S/c25-19-12-6-4-11-17(19)23-29-30-22(27-28-24(30)31-23)18-14-21(15-8-2-1-3-9-15)26-20-13-7-5-10-16(18)20/h1-14H. The summed E-state index contributed by atoms with van der Waals surface area (Å²) >= 11 is 7.85. The van der Waals surface area contributed by atoms with Gasteiger partial charge in [-0.2, -0.15) is 9.61 Å². The van der Waals surface area contributed by atoms with E-state index in [1.54, 1.807) is 4.52 Å². The van der Waals surface area contributed by atoms with Crippen LogP contribution in [0.3, 0.4) is 0 Å². The van der Waals surface area contributed by atoms with E-state index >= 15 is 0 Å². The molecule has 0 aliphatic carbocycles. The van der Waals surface area contributed by atoms with Crippen LogP contribution >= 0.6 is 22.9 Å². The van der Waals surface area contributed by atoms with E-state index in [1.807, 2.05) is 60.7 Å². The zero-order valence-electron chi connectivity index (χ0n) is 16.1. The smallest absolute Gasteiger partial charge is 0.235 e. The minimum Gasteiger partial charge on any atom is -0.248 e. The lowest BCUT2D eigenvalue weighted by molar-refractivity contribution is 0.972. The summed E-state index contributed by atoms with van der Waals surface area (Å²) in [4.78, 5) is 5.58. The third-order valence-corrected chi connectivity index (χ3v) is 6.38. The van der Waals surface area contributed by atoms with Gasteiger partial charge in [0.05, 0.1) is 16.2 Å². The summed E-state index contributed by atoms with van der Waals surface area (Å²) in [6.07, 6.45) is 0. The van der Waals surface area contributed by atoms with E-state index in [-0.39, 0.29) is 0 Å². The molecule has 0 bridgehead atoms. The fourth-order valence-electron chi connectivity index (χ4n) is 3.65. The van der Waals surface area contributed by atoms with E-state index in [0.29, 0.717) is 15.8 Å². The molecule has 0 N–H and O–H groups in total. The molecule has 0 saturated carbocycles. The summed E-state index contributed by atoms with van der Waals surface area (Å²) in [5, 5.41) is 16.1. The normalized spacial score (nSPS) is 11.4. The van der Waals surface area contributed by atoms with Crippen LogP contribution in [0.2, 0.25) is 5.02 Å². The molecular weight excluding hydrogens is 426 g/mol. The molecule has 0 fully saturated rings. The van der Waals surface area contributed by atoms with E-state index < -0.39 is 0 Å². The van der Waals surface area contributed by atoms with Gasteiger partial charge in [0, 0.05) is 22.1 Å². The zero-order valence-corrected chi connectivity index (χ0v) is 17.7. The van der Waals surface area contributed by atoms with E-state index in [2.05, 4.69) is 34.5 Å². The number of fused-ring (bicyclic) bond motifs is 2. The maximum Gasteiger partial charge on any atom is 0.235 e. The van der Waals surface area contributed by atoms with Crippen molar-refractivity contribution in [3.63, 3.8) is 0 Å². The van der Waals surface area contributed by atoms with Crippen molar-refractivity contribution in [1.29, 1.82) is 0 Å². The second-order valence-electron chi connectivity index (χ2n) is 7.04. The highest BCUT2D eigenvalue weighted by molar-refractivity contribution is 7.19. The fourth-order valence-corrected chi connectivity index (χ4v) is 4.81. The molecule has 0 spiro atoms. The van der Waals surface area contributed by atoms with Gasteiger partial charge in [0.2, 0.25) is 4.96 Å². The number of hydrogen-bond donors (Lipinski definition) is 0. The van der Waals surface area contributed by atoms with Crippen molar-refractivity contribution in [1.82, 2.24) is 24.8 Å². The van der Waals surface area contributed by atoms with Crippen molar-refractivity contribution in [2.45, 2.75) is 0 Å². The largest absolute Gasteiger partial charge is 0.248 e. The molecule has 0 amide bonds. The second kappa shape index (κ2) is 7.27. The Morgan fingerprint density at radius 1 is 0.774 bits per heavy atom. The van der Waals surface area contributed by atoms with Crippen molar-refractivity contribution < 1.29 is 0 Å². The molecule has 5 nitrogen and oxygen atoms in total. The van der Waals surface area contributed by atoms with E-state index in [1.165, 1.54) is 11.3 Å². The Labute approximate surface area is 186 Å². The maximum absolute atomic E-state index is 6.39. The molecule has 6 aromatic rings. The molecule has 3 aromatic carbocycles. The molecule has 31 heavy (non-hydrogen) atoms. The van der Waals surface area contributed by atoms with Crippen molar-refractivity contribution in [3.05, 3.63) is 90.0 Å². The summed E-state index contributed by atoms with van der Waals surface area (Å²) in [6.45, 7) is 0. The average molecular weight is 440 g/mol. The Balaban J connectivity index is 1.59. The minimum absolute atomic E-state index is 0.662. The topological polar surface area (TPSA) is 56.0 Å². The summed E-state index contributed by atoms with van der Waals surface area (Å²) in [5.41, 5.74) is 4.65. The second-order valence-corrected chi connectivity index (χ2v) is 8.41. The molecule has 3 heterocycles. The van der Waals surface area contributed by atoms with E-state index in [4.69, 9.17) is 21.7 Å². The number of benzene rings is 3. The number of para-hydroxylation sites is 1. The van der Waals surface area contributed by atoms with Crippen LogP contribution in [-0.4, -0.2) is 24.8 Å². The Kier molecular flexibility index (Phi) is 4.26. The first-order valence-corrected chi connectivity index (χ1v) is 10.9. The molecule has 3 aromatic heterocycles. The first-order chi connectivity index (χ1) is 15.3. The number of hydrogen-bond acceptors (Lipinski definition) is 5. The molecule has 0 saturated heterocycles. The highest BCUT2D eigenvalue weighted by Crippen LogP contribution is 2.35. The van der Waals surface area contributed by atoms with Crippen LogP contribution in [0.25, 0.3) is 49.1 Å². The lowest BCUT2D eigenvalue weighted by atomic mass is 10.0. The van der Waals surface area contributed by atoms with Gasteiger partial charge in [-0.1, -0.05) is 89.7 Å². The Bertz CT molecular complexity index is 1550. The first-order valence-electron chi connectivity index (χ1n) is 9.71. The summed E-state index contributed by atoms with van der Waals surface area (Å²) < 4.78 is 1.79. The molecule has 0 aliphatic rings. The Morgan fingerprint density at radius 3 is 2.42 bits per heavy atom. The SMILES string of the molecule is Clc1ccccc1-c1nn2c(-c3cc(-c4ccccc4)nc4ccccc34)nnc2s1. The van der Waals surface area contributed by atoms with Crippen LogP contribution in [0.1, 0.15) is 0 Å². The van der Waals surface area contributed by atoms with Crippen LogP contribution in [0, 0.1) is 0 Å². The van der Waals surface area contributed by atoms with Gasteiger partial charge in [0.1, 0.15) is 5.01 Å². The van der Waals surface area contributed by atoms with E-state index in [0.717, 1.165) is 38.3 Å². The van der Waals surface area contributed by atoms with Gasteiger partial charge >= 0.3 is 0 Å². The summed E-state index contributed by atoms with van der Waals surface area (Å²) in [7, 11) is 0. The van der Waals surface area contributed by atoms with Gasteiger partial charge in [0.15, 0.2) is 5.82 Å². The molecular formula is C24H14ClN5S. The Morgan fingerprint density at radius 2 is 1.55 bits per heavy atom. The molecule has 0 radical (unpaired) electrons. The van der Waals surface area contributed by atoms with Crippen LogP contribution in [0.15, 0.2) is 84.9 Å². The van der Waals surface area contributed by atoms with Gasteiger partial charge in [-0.05, 0) is 18.2 Å². The fraction of sp³-hybridized carbons (Fsp3) is 0. The molecule has 7 heteroatoms. The van der Waals surface area contributed by atoms with Gasteiger partial charge < -0.3 is 0 Å². The molecule has 0 atom stereocenters. The number of nitrogens with zero attached hydrogens (tertiary/aromatic N) is 5. The molecule has 6 rings (SSSR count). The van der Waals surface area contributed by atoms with Crippen LogP contribution in [-0.2, 0) is 0 Å². The summed E-state index contributed by atoms with van der Waals surface area (Å²) in [6, 6.07) is 27.9. The Hall–Kier alpha value is -3.61. The van der Waals surface area contributed by atoms with Crippen LogP contribution < -0.4 is 0 Å². The van der Waals surface area contributed by atoms with E-state index in [9.17, 15) is 0 Å². The monoisotopic (exact) mass is 439 g/mol. The third-order valence-electron chi connectivity index (χ3n) is 5.12. The lowest BCUT2D eigenvalue weighted by Crippen LogP contribution is -1.95. The third kappa shape index (κ3) is 3.08. The van der Waals surface area contributed by atoms with Crippen molar-refractivity contribution >= 4 is 38.8 Å². The van der Waals surface area contributed by atoms with Gasteiger partial charge in [-0.15, -0.1) is 10.2 Å². The van der Waals surface area contributed by atoms with Gasteiger partial charge in [-0.25, -0.2) is 4.98 Å². The number of rotatable bonds is 3. The number of pyridine rings is 1. The summed E-state index contributed by atoms with van der Waals surface area (Å²) in [5.74, 6) is 0.681. The predicted octanol–water partition coefficient (Wildman–Crippen LogP) is 6.39. The van der Waals surface area contributed by atoms with Gasteiger partial charge in [0.25, 0.3) is 0 Å². The quantitative estimate of drug-likeness (QED) is 0.320. The predicted molar refractivity (Wildman–Crippen MR) is 125 cm³/mol. The molecule has 0 aliphatic heterocycles. The number of aromatic nitrogens is 5. The first kappa shape index (κ1) is 18.2. The van der Waals surface area contributed by atoms with Crippen LogP contribution in [0.4, 0.5) is 0 Å². The number of halogens is 1. The highest BCUT2D eigenvalue weighted by Gasteiger charge is 2.19. The maximum atomic E-state index is 6.39. The van der Waals surface area contributed by atoms with Crippen molar-refractivity contribution in [2.75, 3.05) is 0 Å². The average Bonchev–Trinajstić information content (AvgIpc) is 3.40. The minimum atomic E-state index is 0.662. The molecule has 148 valence electrons. The van der Waals surface area contributed by atoms with Gasteiger partial charge in [-0.3, -0.25) is 0 Å². The van der Waals surface area contributed by atoms with Crippen LogP contribution in [0.5, 0.6) is 0 Å².